The quantitative estimate of drug-likeness (QED) is 0.463. The third-order valence-corrected chi connectivity index (χ3v) is 3.88. The number of non-ortho nitro benzene ring substituents is 1. The summed E-state index contributed by atoms with van der Waals surface area (Å²) in [5, 5.41) is 15.8. The highest BCUT2D eigenvalue weighted by atomic mass is 35.5. The molecule has 0 bridgehead atoms. The Kier molecular flexibility index (Phi) is 4.21. The molecule has 0 aliphatic rings. The normalized spacial score (nSPS) is 10.7. The van der Waals surface area contributed by atoms with Crippen molar-refractivity contribution in [1.29, 1.82) is 0 Å². The summed E-state index contributed by atoms with van der Waals surface area (Å²) in [6.07, 6.45) is 0. The summed E-state index contributed by atoms with van der Waals surface area (Å²) in [6.45, 7) is 0. The van der Waals surface area contributed by atoms with Gasteiger partial charge in [-0.1, -0.05) is 40.0 Å². The average molecular weight is 371 g/mol. The van der Waals surface area contributed by atoms with E-state index in [0.29, 0.717) is 15.6 Å². The predicted molar refractivity (Wildman–Crippen MR) is 86.9 cm³/mol. The Bertz CT molecular complexity index is 911. The second kappa shape index (κ2) is 6.16. The number of rotatable bonds is 3. The van der Waals surface area contributed by atoms with Crippen LogP contribution in [0, 0.1) is 10.1 Å². The lowest BCUT2D eigenvalue weighted by Crippen LogP contribution is -1.89. The highest BCUT2D eigenvalue weighted by Crippen LogP contribution is 2.33. The minimum Gasteiger partial charge on any atom is -0.334 e. The molecule has 2 aromatic carbocycles. The van der Waals surface area contributed by atoms with Gasteiger partial charge in [-0.15, -0.1) is 0 Å². The molecular formula is C14H6Cl3N3O3. The van der Waals surface area contributed by atoms with Crippen molar-refractivity contribution in [3.8, 4) is 22.8 Å². The van der Waals surface area contributed by atoms with Crippen molar-refractivity contribution in [2.24, 2.45) is 0 Å². The van der Waals surface area contributed by atoms with Gasteiger partial charge in [0, 0.05) is 22.7 Å². The van der Waals surface area contributed by atoms with E-state index in [-0.39, 0.29) is 28.0 Å². The van der Waals surface area contributed by atoms with Crippen molar-refractivity contribution in [2.45, 2.75) is 0 Å². The van der Waals surface area contributed by atoms with E-state index in [1.54, 1.807) is 18.2 Å². The van der Waals surface area contributed by atoms with Gasteiger partial charge < -0.3 is 4.52 Å². The van der Waals surface area contributed by atoms with Crippen LogP contribution in [0.4, 0.5) is 5.69 Å². The van der Waals surface area contributed by atoms with Gasteiger partial charge in [-0.3, -0.25) is 10.1 Å². The van der Waals surface area contributed by atoms with Crippen LogP contribution >= 0.6 is 34.8 Å². The molecule has 0 spiro atoms. The summed E-state index contributed by atoms with van der Waals surface area (Å²) in [5.74, 6) is 0.250. The number of nitrogens with zero attached hydrogens (tertiary/aromatic N) is 3. The van der Waals surface area contributed by atoms with Crippen LogP contribution in [0.1, 0.15) is 0 Å². The van der Waals surface area contributed by atoms with Gasteiger partial charge >= 0.3 is 0 Å². The topological polar surface area (TPSA) is 82.1 Å². The summed E-state index contributed by atoms with van der Waals surface area (Å²) >= 11 is 18.1. The second-order valence-corrected chi connectivity index (χ2v) is 5.72. The first-order valence-corrected chi connectivity index (χ1v) is 7.32. The number of nitro benzene ring substituents is 1. The largest absolute Gasteiger partial charge is 0.334 e. The van der Waals surface area contributed by atoms with Crippen LogP contribution in [0.15, 0.2) is 40.9 Å². The lowest BCUT2D eigenvalue weighted by atomic mass is 10.2. The lowest BCUT2D eigenvalue weighted by Gasteiger charge is -1.99. The predicted octanol–water partition coefficient (Wildman–Crippen LogP) is 5.27. The number of benzene rings is 2. The van der Waals surface area contributed by atoms with E-state index in [4.69, 9.17) is 39.3 Å². The van der Waals surface area contributed by atoms with Crippen LogP contribution in [-0.2, 0) is 0 Å². The fourth-order valence-electron chi connectivity index (χ4n) is 1.90. The maximum Gasteiger partial charge on any atom is 0.270 e. The minimum absolute atomic E-state index is 0.0461. The van der Waals surface area contributed by atoms with Crippen LogP contribution in [-0.4, -0.2) is 15.1 Å². The summed E-state index contributed by atoms with van der Waals surface area (Å²) in [4.78, 5) is 14.5. The highest BCUT2D eigenvalue weighted by molar-refractivity contribution is 6.35. The Morgan fingerprint density at radius 2 is 1.70 bits per heavy atom. The first-order valence-electron chi connectivity index (χ1n) is 6.19. The van der Waals surface area contributed by atoms with Crippen LogP contribution in [0.5, 0.6) is 0 Å². The zero-order valence-corrected chi connectivity index (χ0v) is 13.4. The number of halogens is 3. The molecule has 9 heteroatoms. The molecule has 1 heterocycles. The van der Waals surface area contributed by atoms with Crippen molar-refractivity contribution in [3.63, 3.8) is 0 Å². The molecule has 0 atom stereocenters. The van der Waals surface area contributed by atoms with Crippen LogP contribution in [0.2, 0.25) is 15.1 Å². The Morgan fingerprint density at radius 1 is 1.00 bits per heavy atom. The second-order valence-electron chi connectivity index (χ2n) is 4.47. The van der Waals surface area contributed by atoms with E-state index in [2.05, 4.69) is 10.1 Å². The molecule has 23 heavy (non-hydrogen) atoms. The van der Waals surface area contributed by atoms with E-state index in [1.165, 1.54) is 18.2 Å². The molecule has 116 valence electrons. The molecule has 0 radical (unpaired) electrons. The van der Waals surface area contributed by atoms with Gasteiger partial charge in [-0.2, -0.15) is 4.98 Å². The monoisotopic (exact) mass is 369 g/mol. The number of aromatic nitrogens is 2. The molecule has 0 aliphatic heterocycles. The summed E-state index contributed by atoms with van der Waals surface area (Å²) < 4.78 is 5.15. The molecule has 0 N–H and O–H groups in total. The first kappa shape index (κ1) is 15.7. The third kappa shape index (κ3) is 3.14. The highest BCUT2D eigenvalue weighted by Gasteiger charge is 2.18. The van der Waals surface area contributed by atoms with Gasteiger partial charge in [-0.25, -0.2) is 0 Å². The average Bonchev–Trinajstić information content (AvgIpc) is 2.99. The molecule has 0 saturated carbocycles. The van der Waals surface area contributed by atoms with Crippen molar-refractivity contribution >= 4 is 40.5 Å². The first-order chi connectivity index (χ1) is 11.0. The summed E-state index contributed by atoms with van der Waals surface area (Å²) in [6, 6.07) is 8.77. The van der Waals surface area contributed by atoms with Gasteiger partial charge in [0.2, 0.25) is 5.82 Å². The Labute approximate surface area is 144 Å². The van der Waals surface area contributed by atoms with E-state index >= 15 is 0 Å². The summed E-state index contributed by atoms with van der Waals surface area (Å²) in [7, 11) is 0. The van der Waals surface area contributed by atoms with Crippen LogP contribution < -0.4 is 0 Å². The standard InChI is InChI=1S/C14H6Cl3N3O3/c15-7-1-3-11(16)9(5-7)13-18-14(23-19-13)10-6-8(20(21)22)2-4-12(10)17/h1-6H. The molecule has 6 nitrogen and oxygen atoms in total. The zero-order valence-electron chi connectivity index (χ0n) is 11.2. The Balaban J connectivity index is 2.07. The van der Waals surface area contributed by atoms with Gasteiger partial charge in [-0.05, 0) is 24.3 Å². The number of hydrogen-bond acceptors (Lipinski definition) is 5. The molecule has 1 aromatic heterocycles. The molecule has 0 aliphatic carbocycles. The molecule has 0 saturated heterocycles. The van der Waals surface area contributed by atoms with Crippen molar-refractivity contribution < 1.29 is 9.45 Å². The zero-order chi connectivity index (χ0) is 16.6. The van der Waals surface area contributed by atoms with Crippen LogP contribution in [0.3, 0.4) is 0 Å². The van der Waals surface area contributed by atoms with E-state index in [9.17, 15) is 10.1 Å². The molecule has 0 fully saturated rings. The SMILES string of the molecule is O=[N+]([O-])c1ccc(Cl)c(-c2nc(-c3cc(Cl)ccc3Cl)no2)c1. The molecule has 3 aromatic rings. The third-order valence-electron chi connectivity index (χ3n) is 2.99. The van der Waals surface area contributed by atoms with E-state index in [1.807, 2.05) is 0 Å². The fraction of sp³-hybridized carbons (Fsp3) is 0. The molecule has 3 rings (SSSR count). The van der Waals surface area contributed by atoms with Crippen molar-refractivity contribution in [3.05, 3.63) is 61.6 Å². The number of nitro groups is 1. The maximum atomic E-state index is 10.9. The van der Waals surface area contributed by atoms with Crippen LogP contribution in [0.25, 0.3) is 22.8 Å². The Hall–Kier alpha value is -2.15. The molecule has 0 unspecified atom stereocenters. The molecule has 0 amide bonds. The fourth-order valence-corrected chi connectivity index (χ4v) is 2.47. The number of hydrogen-bond donors (Lipinski definition) is 0. The van der Waals surface area contributed by atoms with Gasteiger partial charge in [0.15, 0.2) is 0 Å². The van der Waals surface area contributed by atoms with Gasteiger partial charge in [0.05, 0.1) is 20.5 Å². The van der Waals surface area contributed by atoms with Crippen molar-refractivity contribution in [2.75, 3.05) is 0 Å². The van der Waals surface area contributed by atoms with E-state index in [0.717, 1.165) is 0 Å². The maximum absolute atomic E-state index is 10.9. The summed E-state index contributed by atoms with van der Waals surface area (Å²) in [5.41, 5.74) is 0.610. The van der Waals surface area contributed by atoms with Gasteiger partial charge in [0.1, 0.15) is 0 Å². The van der Waals surface area contributed by atoms with Gasteiger partial charge in [0.25, 0.3) is 11.6 Å². The van der Waals surface area contributed by atoms with Crippen molar-refractivity contribution in [1.82, 2.24) is 10.1 Å². The minimum atomic E-state index is -0.537. The molecular weight excluding hydrogens is 365 g/mol. The smallest absolute Gasteiger partial charge is 0.270 e. The lowest BCUT2D eigenvalue weighted by molar-refractivity contribution is -0.384. The Morgan fingerprint density at radius 3 is 2.43 bits per heavy atom. The van der Waals surface area contributed by atoms with E-state index < -0.39 is 4.92 Å².